The number of carbonyl (C=O) groups is 1. The second-order valence-electron chi connectivity index (χ2n) is 11.2. The number of fused-ring (bicyclic) bond motifs is 1. The molecule has 6 nitrogen and oxygen atoms in total. The molecule has 2 aliphatic rings. The molecule has 36 heavy (non-hydrogen) atoms. The number of aryl methyl sites for hydroxylation is 1. The monoisotopic (exact) mass is 508 g/mol. The van der Waals surface area contributed by atoms with E-state index < -0.39 is 16.1 Å². The van der Waals surface area contributed by atoms with Crippen LogP contribution in [0.25, 0.3) is 11.0 Å². The van der Waals surface area contributed by atoms with Crippen LogP contribution in [0.1, 0.15) is 63.5 Å². The van der Waals surface area contributed by atoms with Gasteiger partial charge >= 0.3 is 0 Å². The van der Waals surface area contributed by atoms with Crippen molar-refractivity contribution in [3.05, 3.63) is 65.9 Å². The molecule has 1 aliphatic heterocycles. The molecule has 1 aliphatic carbocycles. The van der Waals surface area contributed by atoms with Gasteiger partial charge in [-0.15, -0.1) is 0 Å². The van der Waals surface area contributed by atoms with Crippen LogP contribution in [0.3, 0.4) is 0 Å². The van der Waals surface area contributed by atoms with Gasteiger partial charge in [0.1, 0.15) is 11.6 Å². The van der Waals surface area contributed by atoms with Crippen molar-refractivity contribution in [2.75, 3.05) is 6.54 Å². The summed E-state index contributed by atoms with van der Waals surface area (Å²) in [5, 5.41) is 1.03. The van der Waals surface area contributed by atoms with E-state index in [4.69, 9.17) is 4.42 Å². The molecule has 7 heteroatoms. The van der Waals surface area contributed by atoms with Crippen molar-refractivity contribution in [2.24, 2.45) is 5.41 Å². The second kappa shape index (κ2) is 9.67. The van der Waals surface area contributed by atoms with Crippen molar-refractivity contribution < 1.29 is 17.6 Å². The average Bonchev–Trinajstić information content (AvgIpc) is 3.52. The number of nitrogens with zero attached hydrogens (tertiary/aromatic N) is 2. The highest BCUT2D eigenvalue weighted by Gasteiger charge is 2.43. The molecule has 0 N–H and O–H groups in total. The fourth-order valence-electron chi connectivity index (χ4n) is 5.69. The average molecular weight is 509 g/mol. The maximum atomic E-state index is 14.2. The summed E-state index contributed by atoms with van der Waals surface area (Å²) in [5.41, 5.74) is 3.07. The minimum Gasteiger partial charge on any atom is -0.464 e. The van der Waals surface area contributed by atoms with Gasteiger partial charge in [-0.1, -0.05) is 43.7 Å². The van der Waals surface area contributed by atoms with E-state index >= 15 is 0 Å². The largest absolute Gasteiger partial charge is 0.464 e. The van der Waals surface area contributed by atoms with Gasteiger partial charge in [0.05, 0.1) is 11.2 Å². The third-order valence-electron chi connectivity index (χ3n) is 8.02. The van der Waals surface area contributed by atoms with Crippen LogP contribution in [0.2, 0.25) is 0 Å². The minimum absolute atomic E-state index is 0.0764. The topological polar surface area (TPSA) is 70.8 Å². The van der Waals surface area contributed by atoms with Crippen LogP contribution in [-0.4, -0.2) is 42.2 Å². The number of rotatable bonds is 6. The Morgan fingerprint density at radius 3 is 2.50 bits per heavy atom. The molecule has 1 amide bonds. The van der Waals surface area contributed by atoms with Crippen LogP contribution in [-0.2, 0) is 21.4 Å². The standard InChI is InChI=1S/C29H36N2O4S/c1-21-6-10-25(11-7-21)36(33,34)31-17-4-5-26(31)28(32)30(24-12-15-29(2,3)16-13-24)20-22-8-9-23-14-18-35-27(23)19-22/h6-11,14,18-19,24,26H,4-5,12-13,15-17,20H2,1-3H3/t26-/m0/s1. The lowest BCUT2D eigenvalue weighted by Gasteiger charge is -2.41. The third-order valence-corrected chi connectivity index (χ3v) is 9.94. The van der Waals surface area contributed by atoms with Gasteiger partial charge in [0, 0.05) is 24.5 Å². The Labute approximate surface area is 214 Å². The Balaban J connectivity index is 1.44. The van der Waals surface area contributed by atoms with Gasteiger partial charge < -0.3 is 9.32 Å². The molecule has 3 aromatic rings. The van der Waals surface area contributed by atoms with Gasteiger partial charge in [-0.05, 0) is 80.7 Å². The van der Waals surface area contributed by atoms with Crippen molar-refractivity contribution in [3.63, 3.8) is 0 Å². The van der Waals surface area contributed by atoms with Gasteiger partial charge in [0.25, 0.3) is 0 Å². The molecule has 1 aromatic heterocycles. The third kappa shape index (κ3) is 4.96. The molecule has 2 fully saturated rings. The van der Waals surface area contributed by atoms with E-state index in [0.717, 1.165) is 47.8 Å². The highest BCUT2D eigenvalue weighted by Crippen LogP contribution is 2.38. The summed E-state index contributed by atoms with van der Waals surface area (Å²) in [6.07, 6.45) is 6.87. The Morgan fingerprint density at radius 2 is 1.78 bits per heavy atom. The molecular formula is C29H36N2O4S. The molecule has 5 rings (SSSR count). The first-order valence-electron chi connectivity index (χ1n) is 13.0. The molecular weight excluding hydrogens is 472 g/mol. The zero-order valence-electron chi connectivity index (χ0n) is 21.4. The molecule has 1 saturated carbocycles. The summed E-state index contributed by atoms with van der Waals surface area (Å²) < 4.78 is 34.2. The van der Waals surface area contributed by atoms with Gasteiger partial charge in [-0.25, -0.2) is 8.42 Å². The Hall–Kier alpha value is -2.64. The summed E-state index contributed by atoms with van der Waals surface area (Å²) >= 11 is 0. The Morgan fingerprint density at radius 1 is 1.06 bits per heavy atom. The maximum Gasteiger partial charge on any atom is 0.243 e. The highest BCUT2D eigenvalue weighted by atomic mass is 32.2. The molecule has 2 aromatic carbocycles. The van der Waals surface area contributed by atoms with Gasteiger partial charge in [-0.2, -0.15) is 4.31 Å². The smallest absolute Gasteiger partial charge is 0.243 e. The number of benzene rings is 2. The van der Waals surface area contributed by atoms with E-state index in [2.05, 4.69) is 13.8 Å². The number of hydrogen-bond acceptors (Lipinski definition) is 4. The van der Waals surface area contributed by atoms with Crippen LogP contribution in [0.15, 0.2) is 64.1 Å². The quantitative estimate of drug-likeness (QED) is 0.416. The highest BCUT2D eigenvalue weighted by molar-refractivity contribution is 7.89. The summed E-state index contributed by atoms with van der Waals surface area (Å²) in [5.74, 6) is -0.0764. The van der Waals surface area contributed by atoms with Crippen LogP contribution in [0.5, 0.6) is 0 Å². The maximum absolute atomic E-state index is 14.2. The summed E-state index contributed by atoms with van der Waals surface area (Å²) in [7, 11) is -3.76. The lowest BCUT2D eigenvalue weighted by Crippen LogP contribution is -2.51. The summed E-state index contributed by atoms with van der Waals surface area (Å²) in [6, 6.07) is 14.3. The molecule has 2 heterocycles. The van der Waals surface area contributed by atoms with Crippen molar-refractivity contribution in [1.82, 2.24) is 9.21 Å². The van der Waals surface area contributed by atoms with Crippen molar-refractivity contribution in [1.29, 1.82) is 0 Å². The number of amides is 1. The van der Waals surface area contributed by atoms with Gasteiger partial charge in [-0.3, -0.25) is 4.79 Å². The minimum atomic E-state index is -3.76. The Kier molecular flexibility index (Phi) is 6.72. The van der Waals surface area contributed by atoms with E-state index in [1.54, 1.807) is 30.5 Å². The van der Waals surface area contributed by atoms with E-state index in [1.807, 2.05) is 36.1 Å². The fraction of sp³-hybridized carbons (Fsp3) is 0.483. The fourth-order valence-corrected chi connectivity index (χ4v) is 7.34. The molecule has 0 radical (unpaired) electrons. The number of carbonyl (C=O) groups excluding carboxylic acids is 1. The molecule has 0 spiro atoms. The first-order valence-corrected chi connectivity index (χ1v) is 14.4. The summed E-state index contributed by atoms with van der Waals surface area (Å²) in [4.78, 5) is 16.4. The number of hydrogen-bond donors (Lipinski definition) is 0. The predicted molar refractivity (Wildman–Crippen MR) is 141 cm³/mol. The van der Waals surface area contributed by atoms with Crippen LogP contribution >= 0.6 is 0 Å². The number of furan rings is 1. The predicted octanol–water partition coefficient (Wildman–Crippen LogP) is 5.89. The number of sulfonamides is 1. The van der Waals surface area contributed by atoms with E-state index in [0.29, 0.717) is 25.9 Å². The van der Waals surface area contributed by atoms with Crippen molar-refractivity contribution in [3.8, 4) is 0 Å². The van der Waals surface area contributed by atoms with E-state index in [-0.39, 0.29) is 22.3 Å². The first kappa shape index (κ1) is 25.0. The van der Waals surface area contributed by atoms with E-state index in [9.17, 15) is 13.2 Å². The van der Waals surface area contributed by atoms with E-state index in [1.165, 1.54) is 4.31 Å². The van der Waals surface area contributed by atoms with Crippen molar-refractivity contribution in [2.45, 2.75) is 82.8 Å². The Bertz CT molecular complexity index is 1330. The zero-order chi connectivity index (χ0) is 25.5. The van der Waals surface area contributed by atoms with Gasteiger partial charge in [0.15, 0.2) is 0 Å². The normalized spacial score (nSPS) is 21.1. The zero-order valence-corrected chi connectivity index (χ0v) is 22.3. The van der Waals surface area contributed by atoms with Crippen LogP contribution in [0, 0.1) is 12.3 Å². The van der Waals surface area contributed by atoms with Gasteiger partial charge in [0.2, 0.25) is 15.9 Å². The lowest BCUT2D eigenvalue weighted by molar-refractivity contribution is -0.139. The van der Waals surface area contributed by atoms with Crippen LogP contribution < -0.4 is 0 Å². The lowest BCUT2D eigenvalue weighted by atomic mass is 9.75. The molecule has 192 valence electrons. The van der Waals surface area contributed by atoms with Crippen molar-refractivity contribution >= 4 is 26.9 Å². The molecule has 1 saturated heterocycles. The molecule has 0 unspecified atom stereocenters. The molecule has 0 bridgehead atoms. The SMILES string of the molecule is Cc1ccc(S(=O)(=O)N2CCC[C@H]2C(=O)N(Cc2ccc3ccoc3c2)C2CCC(C)(C)CC2)cc1. The second-order valence-corrected chi connectivity index (χ2v) is 13.1. The molecule has 1 atom stereocenters. The summed E-state index contributed by atoms with van der Waals surface area (Å²) in [6.45, 7) is 7.33. The van der Waals surface area contributed by atoms with Crippen LogP contribution in [0.4, 0.5) is 0 Å². The first-order chi connectivity index (χ1) is 17.1.